The summed E-state index contributed by atoms with van der Waals surface area (Å²) < 4.78 is 0. The van der Waals surface area contributed by atoms with E-state index >= 15 is 0 Å². The minimum atomic E-state index is -0.443. The smallest absolute Gasteiger partial charge is 0.226 e. The van der Waals surface area contributed by atoms with E-state index in [0.717, 1.165) is 48.5 Å². The molecular weight excluding hydrogens is 384 g/mol. The maximum Gasteiger partial charge on any atom is 0.226 e. The molecule has 31 heavy (non-hydrogen) atoms. The number of amides is 1. The summed E-state index contributed by atoms with van der Waals surface area (Å²) in [5.74, 6) is 4.39. The van der Waals surface area contributed by atoms with Gasteiger partial charge in [-0.25, -0.2) is 0 Å². The highest BCUT2D eigenvalue weighted by molar-refractivity contribution is 5.80. The highest BCUT2D eigenvalue weighted by Gasteiger charge is 2.59. The van der Waals surface area contributed by atoms with Gasteiger partial charge in [0.05, 0.1) is 5.60 Å². The first-order chi connectivity index (χ1) is 14.8. The topological polar surface area (TPSA) is 53.4 Å². The summed E-state index contributed by atoms with van der Waals surface area (Å²) >= 11 is 0. The van der Waals surface area contributed by atoms with Gasteiger partial charge in [0.25, 0.3) is 0 Å². The van der Waals surface area contributed by atoms with Crippen LogP contribution in [0.4, 0.5) is 0 Å². The van der Waals surface area contributed by atoms with E-state index in [1.54, 1.807) is 0 Å². The van der Waals surface area contributed by atoms with Gasteiger partial charge in [-0.2, -0.15) is 0 Å². The summed E-state index contributed by atoms with van der Waals surface area (Å²) in [6.07, 6.45) is 14.2. The zero-order valence-electron chi connectivity index (χ0n) is 19.6. The van der Waals surface area contributed by atoms with Gasteiger partial charge in [-0.1, -0.05) is 6.92 Å². The lowest BCUT2D eigenvalue weighted by molar-refractivity contribution is -0.143. The molecule has 0 spiro atoms. The Balaban J connectivity index is 1.29. The number of carbonyl (C=O) groups excluding carboxylic acids is 1. The second-order valence-corrected chi connectivity index (χ2v) is 11.9. The zero-order valence-corrected chi connectivity index (χ0v) is 19.6. The van der Waals surface area contributed by atoms with Gasteiger partial charge >= 0.3 is 0 Å². The van der Waals surface area contributed by atoms with Gasteiger partial charge in [0.1, 0.15) is 0 Å². The molecule has 0 aromatic carbocycles. The number of carbonyl (C=O) groups is 1. The van der Waals surface area contributed by atoms with Gasteiger partial charge in [-0.3, -0.25) is 9.78 Å². The Morgan fingerprint density at radius 3 is 2.55 bits per heavy atom. The monoisotopic (exact) mass is 424 g/mol. The molecule has 0 radical (unpaired) electrons. The quantitative estimate of drug-likeness (QED) is 0.738. The Kier molecular flexibility index (Phi) is 5.44. The largest absolute Gasteiger partial charge is 0.390 e. The molecule has 4 aliphatic carbocycles. The van der Waals surface area contributed by atoms with Crippen LogP contribution in [-0.2, 0) is 11.3 Å². The number of rotatable bonds is 3. The van der Waals surface area contributed by atoms with E-state index < -0.39 is 5.60 Å². The minimum absolute atomic E-state index is 0.164. The van der Waals surface area contributed by atoms with Crippen molar-refractivity contribution in [2.45, 2.75) is 83.8 Å². The van der Waals surface area contributed by atoms with Crippen LogP contribution in [0.2, 0.25) is 0 Å². The average molecular weight is 425 g/mol. The molecule has 0 aliphatic heterocycles. The summed E-state index contributed by atoms with van der Waals surface area (Å²) in [5.41, 5.74) is 0.875. The predicted molar refractivity (Wildman–Crippen MR) is 122 cm³/mol. The van der Waals surface area contributed by atoms with E-state index in [9.17, 15) is 9.90 Å². The van der Waals surface area contributed by atoms with Gasteiger partial charge in [-0.05, 0) is 117 Å². The average Bonchev–Trinajstić information content (AvgIpc) is 3.10. The second kappa shape index (κ2) is 7.86. The molecule has 1 N–H and O–H groups in total. The maximum atomic E-state index is 13.6. The predicted octanol–water partition coefficient (Wildman–Crippen LogP) is 5.06. The van der Waals surface area contributed by atoms with E-state index in [2.05, 4.69) is 11.9 Å². The number of nitrogens with zero attached hydrogens (tertiary/aromatic N) is 2. The molecule has 4 heteroatoms. The highest BCUT2D eigenvalue weighted by Crippen LogP contribution is 2.64. The Bertz CT molecular complexity index is 809. The van der Waals surface area contributed by atoms with Crippen LogP contribution in [-0.4, -0.2) is 33.5 Å². The summed E-state index contributed by atoms with van der Waals surface area (Å²) in [6.45, 7) is 5.17. The van der Waals surface area contributed by atoms with E-state index in [4.69, 9.17) is 0 Å². The third-order valence-electron chi connectivity index (χ3n) is 10.1. The summed E-state index contributed by atoms with van der Waals surface area (Å²) in [6, 6.07) is 4.02. The van der Waals surface area contributed by atoms with Crippen molar-refractivity contribution in [2.24, 2.45) is 40.9 Å². The Hall–Kier alpha value is -1.42. The zero-order chi connectivity index (χ0) is 21.8. The Morgan fingerprint density at radius 1 is 1.03 bits per heavy atom. The number of hydrogen-bond donors (Lipinski definition) is 1. The molecule has 4 saturated carbocycles. The van der Waals surface area contributed by atoms with E-state index in [1.165, 1.54) is 38.5 Å². The van der Waals surface area contributed by atoms with Crippen LogP contribution < -0.4 is 0 Å². The summed E-state index contributed by atoms with van der Waals surface area (Å²) in [5, 5.41) is 10.6. The number of hydrogen-bond acceptors (Lipinski definition) is 3. The van der Waals surface area contributed by atoms with Crippen LogP contribution in [0.1, 0.15) is 77.2 Å². The third-order valence-corrected chi connectivity index (χ3v) is 10.1. The van der Waals surface area contributed by atoms with Crippen molar-refractivity contribution < 1.29 is 9.90 Å². The molecule has 1 amide bonds. The molecule has 4 fully saturated rings. The van der Waals surface area contributed by atoms with Crippen LogP contribution in [0.15, 0.2) is 24.5 Å². The van der Waals surface area contributed by atoms with Crippen molar-refractivity contribution in [1.82, 2.24) is 9.88 Å². The highest BCUT2D eigenvalue weighted by atomic mass is 16.3. The lowest BCUT2D eigenvalue weighted by Gasteiger charge is -2.57. The third kappa shape index (κ3) is 3.73. The fourth-order valence-electron chi connectivity index (χ4n) is 8.59. The SMILES string of the molecule is CN(Cc1ccncc1)C(=O)C1CC[C@H]2[C@@H]3CC[C@@H]4C[C@](C)(O)CCC4[C@H]3CCC12C. The lowest BCUT2D eigenvalue weighted by atomic mass is 9.49. The molecule has 170 valence electrons. The molecule has 8 atom stereocenters. The molecule has 0 saturated heterocycles. The normalized spacial score (nSPS) is 44.1. The first-order valence-corrected chi connectivity index (χ1v) is 12.6. The molecule has 4 nitrogen and oxygen atoms in total. The van der Waals surface area contributed by atoms with Crippen molar-refractivity contribution >= 4 is 5.91 Å². The van der Waals surface area contributed by atoms with Gasteiger partial charge in [0.2, 0.25) is 5.91 Å². The number of aromatic nitrogens is 1. The Labute approximate surface area is 187 Å². The standard InChI is InChI=1S/C27H40N2O2/c1-26(31)12-8-20-19(16-26)4-5-22-21(20)9-13-27(2)23(22)6-7-24(27)25(30)29(3)17-18-10-14-28-15-11-18/h10-11,14-15,19-24,31H,4-9,12-13,16-17H2,1-3H3/t19-,20?,21-,22-,23+,24?,26-,27?/m1/s1. The van der Waals surface area contributed by atoms with Crippen molar-refractivity contribution in [3.8, 4) is 0 Å². The van der Waals surface area contributed by atoms with Crippen LogP contribution in [0.5, 0.6) is 0 Å². The van der Waals surface area contributed by atoms with Crippen LogP contribution in [0.3, 0.4) is 0 Å². The van der Waals surface area contributed by atoms with Crippen molar-refractivity contribution in [3.05, 3.63) is 30.1 Å². The minimum Gasteiger partial charge on any atom is -0.390 e. The fraction of sp³-hybridized carbons (Fsp3) is 0.778. The molecule has 5 rings (SSSR count). The number of fused-ring (bicyclic) bond motifs is 5. The Morgan fingerprint density at radius 2 is 1.77 bits per heavy atom. The molecular formula is C27H40N2O2. The van der Waals surface area contributed by atoms with Crippen LogP contribution in [0.25, 0.3) is 0 Å². The van der Waals surface area contributed by atoms with E-state index in [-0.39, 0.29) is 11.3 Å². The first-order valence-electron chi connectivity index (χ1n) is 12.6. The molecule has 1 heterocycles. The maximum absolute atomic E-state index is 13.6. The van der Waals surface area contributed by atoms with Gasteiger partial charge in [0, 0.05) is 31.9 Å². The van der Waals surface area contributed by atoms with Crippen LogP contribution >= 0.6 is 0 Å². The van der Waals surface area contributed by atoms with Gasteiger partial charge < -0.3 is 10.0 Å². The van der Waals surface area contributed by atoms with Gasteiger partial charge in [-0.15, -0.1) is 0 Å². The molecule has 1 aromatic heterocycles. The molecule has 3 unspecified atom stereocenters. The van der Waals surface area contributed by atoms with Crippen molar-refractivity contribution in [2.75, 3.05) is 7.05 Å². The van der Waals surface area contributed by atoms with Crippen molar-refractivity contribution in [1.29, 1.82) is 0 Å². The van der Waals surface area contributed by atoms with E-state index in [1.807, 2.05) is 43.4 Å². The molecule has 1 aromatic rings. The van der Waals surface area contributed by atoms with Crippen molar-refractivity contribution in [3.63, 3.8) is 0 Å². The summed E-state index contributed by atoms with van der Waals surface area (Å²) in [7, 11) is 1.98. The lowest BCUT2D eigenvalue weighted by Crippen LogP contribution is -2.51. The van der Waals surface area contributed by atoms with Gasteiger partial charge in [0.15, 0.2) is 0 Å². The first kappa shape index (κ1) is 21.4. The van der Waals surface area contributed by atoms with E-state index in [0.29, 0.717) is 18.4 Å². The summed E-state index contributed by atoms with van der Waals surface area (Å²) in [4.78, 5) is 19.6. The van der Waals surface area contributed by atoms with Crippen LogP contribution in [0, 0.1) is 40.9 Å². The molecule has 0 bridgehead atoms. The second-order valence-electron chi connectivity index (χ2n) is 11.9. The fourth-order valence-corrected chi connectivity index (χ4v) is 8.59. The number of aliphatic hydroxyl groups is 1. The molecule has 4 aliphatic rings. The number of pyridine rings is 1.